The molecule has 1 heterocycles. The smallest absolute Gasteiger partial charge is 0.337 e. The zero-order valence-corrected chi connectivity index (χ0v) is 6.77. The minimum absolute atomic E-state index is 0.248. The summed E-state index contributed by atoms with van der Waals surface area (Å²) in [5.41, 5.74) is 0.248. The number of pyridine rings is 1. The Morgan fingerprint density at radius 1 is 1.23 bits per heavy atom. The van der Waals surface area contributed by atoms with E-state index in [4.69, 9.17) is 5.11 Å². The van der Waals surface area contributed by atoms with Gasteiger partial charge in [-0.05, 0) is 5.39 Å². The van der Waals surface area contributed by atoms with Crippen molar-refractivity contribution in [3.63, 3.8) is 0 Å². The number of fused-ring (bicyclic) bond motifs is 1. The molecule has 3 heteroatoms. The van der Waals surface area contributed by atoms with E-state index < -0.39 is 5.97 Å². The number of rotatable bonds is 1. The molecule has 13 heavy (non-hydrogen) atoms. The highest BCUT2D eigenvalue weighted by Gasteiger charge is 2.06. The maximum atomic E-state index is 10.8. The number of aromatic carboxylic acids is 1. The van der Waals surface area contributed by atoms with Gasteiger partial charge >= 0.3 is 5.97 Å². The van der Waals surface area contributed by atoms with Gasteiger partial charge in [0.2, 0.25) is 0 Å². The topological polar surface area (TPSA) is 50.2 Å². The number of aromatic nitrogens is 1. The molecule has 64 valence electrons. The fraction of sp³-hybridized carbons (Fsp3) is 0. The Morgan fingerprint density at radius 2 is 2.00 bits per heavy atom. The van der Waals surface area contributed by atoms with Crippen molar-refractivity contribution in [1.82, 2.24) is 4.98 Å². The van der Waals surface area contributed by atoms with Gasteiger partial charge in [-0.15, -0.1) is 0 Å². The van der Waals surface area contributed by atoms with Gasteiger partial charge in [-0.1, -0.05) is 24.3 Å². The average Bonchev–Trinajstić information content (AvgIpc) is 2.17. The van der Waals surface area contributed by atoms with E-state index >= 15 is 0 Å². The third-order valence-corrected chi connectivity index (χ3v) is 1.90. The van der Waals surface area contributed by atoms with Gasteiger partial charge in [0, 0.05) is 17.8 Å². The molecule has 1 aromatic heterocycles. The van der Waals surface area contributed by atoms with Gasteiger partial charge in [-0.2, -0.15) is 0 Å². The fourth-order valence-corrected chi connectivity index (χ4v) is 1.29. The van der Waals surface area contributed by atoms with E-state index in [1.807, 2.05) is 18.2 Å². The predicted molar refractivity (Wildman–Crippen MR) is 48.7 cm³/mol. The Bertz CT molecular complexity index is 460. The van der Waals surface area contributed by atoms with E-state index in [9.17, 15) is 4.79 Å². The lowest BCUT2D eigenvalue weighted by molar-refractivity contribution is 0.0698. The molecule has 0 unspecified atom stereocenters. The van der Waals surface area contributed by atoms with Crippen LogP contribution in [0.25, 0.3) is 10.8 Å². The van der Waals surface area contributed by atoms with Crippen LogP contribution >= 0.6 is 0 Å². The van der Waals surface area contributed by atoms with Crippen LogP contribution in [0.2, 0.25) is 0 Å². The van der Waals surface area contributed by atoms with Gasteiger partial charge in [0.05, 0.1) is 5.56 Å². The third kappa shape index (κ3) is 1.24. The third-order valence-electron chi connectivity index (χ3n) is 1.90. The molecule has 0 atom stereocenters. The lowest BCUT2D eigenvalue weighted by Gasteiger charge is -1.99. The van der Waals surface area contributed by atoms with E-state index in [1.165, 1.54) is 6.20 Å². The number of benzene rings is 1. The summed E-state index contributed by atoms with van der Waals surface area (Å²) in [6, 6.07) is 7.29. The fourth-order valence-electron chi connectivity index (χ4n) is 1.29. The van der Waals surface area contributed by atoms with Crippen molar-refractivity contribution in [3.05, 3.63) is 42.2 Å². The minimum atomic E-state index is -0.940. The molecule has 0 spiro atoms. The molecule has 1 N–H and O–H groups in total. The molecule has 2 aromatic rings. The quantitative estimate of drug-likeness (QED) is 0.716. The number of hydrogen-bond donors (Lipinski definition) is 1. The van der Waals surface area contributed by atoms with Gasteiger partial charge in [-0.25, -0.2) is 4.79 Å². The Hall–Kier alpha value is -1.90. The van der Waals surface area contributed by atoms with Gasteiger partial charge in [-0.3, -0.25) is 4.98 Å². The van der Waals surface area contributed by atoms with Crippen molar-refractivity contribution in [2.24, 2.45) is 0 Å². The largest absolute Gasteiger partial charge is 0.478 e. The van der Waals surface area contributed by atoms with Crippen molar-refractivity contribution in [2.75, 3.05) is 0 Å². The maximum Gasteiger partial charge on any atom is 0.337 e. The van der Waals surface area contributed by atoms with Crippen molar-refractivity contribution in [3.8, 4) is 0 Å². The highest BCUT2D eigenvalue weighted by Crippen LogP contribution is 2.16. The normalized spacial score (nSPS) is 10.2. The summed E-state index contributed by atoms with van der Waals surface area (Å²) in [6.07, 6.45) is 3.02. The van der Waals surface area contributed by atoms with Gasteiger partial charge in [0.1, 0.15) is 0 Å². The Labute approximate surface area is 74.7 Å². The molecule has 0 radical (unpaired) electrons. The monoisotopic (exact) mass is 173 g/mol. The molecular formula is C10H7NO2. The van der Waals surface area contributed by atoms with Crippen molar-refractivity contribution in [2.45, 2.75) is 0 Å². The number of carboxylic acid groups (broad SMARTS) is 1. The molecule has 0 saturated heterocycles. The van der Waals surface area contributed by atoms with Crippen LogP contribution in [0.4, 0.5) is 0 Å². The molecule has 0 aliphatic heterocycles. The van der Waals surface area contributed by atoms with E-state index in [0.29, 0.717) is 0 Å². The van der Waals surface area contributed by atoms with E-state index in [2.05, 4.69) is 4.98 Å². The SMILES string of the molecule is O=C(O)c1cncc2ccccc12. The van der Waals surface area contributed by atoms with Crippen LogP contribution in [0.3, 0.4) is 0 Å². The zero-order chi connectivity index (χ0) is 9.26. The summed E-state index contributed by atoms with van der Waals surface area (Å²) in [5.74, 6) is -0.940. The second-order valence-corrected chi connectivity index (χ2v) is 2.71. The van der Waals surface area contributed by atoms with Crippen molar-refractivity contribution >= 4 is 16.7 Å². The predicted octanol–water partition coefficient (Wildman–Crippen LogP) is 1.93. The molecular weight excluding hydrogens is 166 g/mol. The number of carboxylic acids is 1. The number of nitrogens with zero attached hydrogens (tertiary/aromatic N) is 1. The van der Waals surface area contributed by atoms with Crippen molar-refractivity contribution < 1.29 is 9.90 Å². The van der Waals surface area contributed by atoms with Crippen LogP contribution in [0.1, 0.15) is 10.4 Å². The van der Waals surface area contributed by atoms with E-state index in [1.54, 1.807) is 12.3 Å². The van der Waals surface area contributed by atoms with E-state index in [-0.39, 0.29) is 5.56 Å². The molecule has 0 aliphatic rings. The zero-order valence-electron chi connectivity index (χ0n) is 6.77. The first kappa shape index (κ1) is 7.73. The minimum Gasteiger partial charge on any atom is -0.478 e. The highest BCUT2D eigenvalue weighted by molar-refractivity contribution is 6.02. The summed E-state index contributed by atoms with van der Waals surface area (Å²) in [6.45, 7) is 0. The summed E-state index contributed by atoms with van der Waals surface area (Å²) in [5, 5.41) is 10.4. The first-order valence-corrected chi connectivity index (χ1v) is 3.85. The van der Waals surface area contributed by atoms with Gasteiger partial charge in [0.15, 0.2) is 0 Å². The van der Waals surface area contributed by atoms with Gasteiger partial charge < -0.3 is 5.11 Å². The molecule has 0 saturated carbocycles. The molecule has 0 fully saturated rings. The molecule has 0 bridgehead atoms. The average molecular weight is 173 g/mol. The van der Waals surface area contributed by atoms with Crippen molar-refractivity contribution in [1.29, 1.82) is 0 Å². The summed E-state index contributed by atoms with van der Waals surface area (Å²) < 4.78 is 0. The Balaban J connectivity index is 2.83. The second kappa shape index (κ2) is 2.86. The molecule has 0 aliphatic carbocycles. The standard InChI is InChI=1S/C10H7NO2/c12-10(13)9-6-11-5-7-3-1-2-4-8(7)9/h1-6H,(H,12,13). The molecule has 3 nitrogen and oxygen atoms in total. The number of hydrogen-bond acceptors (Lipinski definition) is 2. The number of carbonyl (C=O) groups is 1. The maximum absolute atomic E-state index is 10.8. The van der Waals surface area contributed by atoms with Crippen LogP contribution in [0.15, 0.2) is 36.7 Å². The summed E-state index contributed by atoms with van der Waals surface area (Å²) in [4.78, 5) is 14.6. The first-order valence-electron chi connectivity index (χ1n) is 3.85. The second-order valence-electron chi connectivity index (χ2n) is 2.71. The highest BCUT2D eigenvalue weighted by atomic mass is 16.4. The van der Waals surface area contributed by atoms with Crippen LogP contribution < -0.4 is 0 Å². The van der Waals surface area contributed by atoms with Gasteiger partial charge in [0.25, 0.3) is 0 Å². The van der Waals surface area contributed by atoms with Crippen LogP contribution in [-0.2, 0) is 0 Å². The lowest BCUT2D eigenvalue weighted by atomic mass is 10.1. The van der Waals surface area contributed by atoms with Crippen LogP contribution in [0, 0.1) is 0 Å². The molecule has 0 amide bonds. The first-order chi connectivity index (χ1) is 6.29. The van der Waals surface area contributed by atoms with Crippen LogP contribution in [-0.4, -0.2) is 16.1 Å². The molecule has 1 aromatic carbocycles. The lowest BCUT2D eigenvalue weighted by Crippen LogP contribution is -1.97. The summed E-state index contributed by atoms with van der Waals surface area (Å²) >= 11 is 0. The Morgan fingerprint density at radius 3 is 2.77 bits per heavy atom. The Kier molecular flexibility index (Phi) is 1.70. The van der Waals surface area contributed by atoms with E-state index in [0.717, 1.165) is 10.8 Å². The van der Waals surface area contributed by atoms with Crippen LogP contribution in [0.5, 0.6) is 0 Å². The summed E-state index contributed by atoms with van der Waals surface area (Å²) in [7, 11) is 0. The molecule has 2 rings (SSSR count).